The second kappa shape index (κ2) is 8.51. The summed E-state index contributed by atoms with van der Waals surface area (Å²) in [6, 6.07) is 4.86. The summed E-state index contributed by atoms with van der Waals surface area (Å²) in [7, 11) is 1.52. The Morgan fingerprint density at radius 1 is 1.44 bits per heavy atom. The van der Waals surface area contributed by atoms with Crippen LogP contribution in [-0.2, 0) is 0 Å². The van der Waals surface area contributed by atoms with Gasteiger partial charge in [0.2, 0.25) is 5.95 Å². The van der Waals surface area contributed by atoms with Crippen molar-refractivity contribution in [3.05, 3.63) is 40.4 Å². The molecule has 142 valence electrons. The van der Waals surface area contributed by atoms with Crippen molar-refractivity contribution in [2.24, 2.45) is 0 Å². The molecule has 2 aromatic heterocycles. The number of amides is 1. The summed E-state index contributed by atoms with van der Waals surface area (Å²) in [6.07, 6.45) is 2.39. The van der Waals surface area contributed by atoms with E-state index in [4.69, 9.17) is 16.3 Å². The standard InChI is InChI=1S/C18H19ClN4O3S/c1-3-11(8-24)21-18-20-7-15-16(23-18)12(9-27-15)17(25)22-13-6-10(19)4-5-14(13)26-2/h4-7,9,11,24H,3,8H2,1-2H3,(H,22,25)(H,20,21,23)/t11-/m0/s1. The van der Waals surface area contributed by atoms with Crippen LogP contribution in [0.3, 0.4) is 0 Å². The normalized spacial score (nSPS) is 12.0. The Morgan fingerprint density at radius 2 is 2.26 bits per heavy atom. The monoisotopic (exact) mass is 406 g/mol. The number of nitrogens with zero attached hydrogens (tertiary/aromatic N) is 2. The number of aliphatic hydroxyl groups excluding tert-OH is 1. The number of ether oxygens (including phenoxy) is 1. The predicted octanol–water partition coefficient (Wildman–Crippen LogP) is 3.79. The van der Waals surface area contributed by atoms with Crippen LogP contribution in [0.15, 0.2) is 29.8 Å². The zero-order valence-corrected chi connectivity index (χ0v) is 16.4. The van der Waals surface area contributed by atoms with Crippen molar-refractivity contribution in [2.75, 3.05) is 24.4 Å². The number of carbonyl (C=O) groups is 1. The van der Waals surface area contributed by atoms with E-state index in [9.17, 15) is 9.90 Å². The van der Waals surface area contributed by atoms with E-state index >= 15 is 0 Å². The largest absolute Gasteiger partial charge is 0.495 e. The number of halogens is 1. The highest BCUT2D eigenvalue weighted by atomic mass is 35.5. The fourth-order valence-corrected chi connectivity index (χ4v) is 3.50. The number of thiophene rings is 1. The molecule has 1 atom stereocenters. The number of anilines is 2. The van der Waals surface area contributed by atoms with Crippen LogP contribution in [0.25, 0.3) is 10.2 Å². The molecule has 2 heterocycles. The summed E-state index contributed by atoms with van der Waals surface area (Å²) in [4.78, 5) is 21.5. The van der Waals surface area contributed by atoms with E-state index in [0.29, 0.717) is 33.5 Å². The Kier molecular flexibility index (Phi) is 6.10. The molecular weight excluding hydrogens is 388 g/mol. The third-order valence-electron chi connectivity index (χ3n) is 4.01. The molecule has 0 unspecified atom stereocenters. The smallest absolute Gasteiger partial charge is 0.258 e. The van der Waals surface area contributed by atoms with E-state index in [1.165, 1.54) is 18.4 Å². The van der Waals surface area contributed by atoms with E-state index in [-0.39, 0.29) is 18.6 Å². The number of methoxy groups -OCH3 is 1. The van der Waals surface area contributed by atoms with E-state index in [1.807, 2.05) is 6.92 Å². The Morgan fingerprint density at radius 3 is 2.96 bits per heavy atom. The van der Waals surface area contributed by atoms with Gasteiger partial charge in [-0.15, -0.1) is 11.3 Å². The van der Waals surface area contributed by atoms with Crippen molar-refractivity contribution < 1.29 is 14.6 Å². The SMILES string of the molecule is CC[C@@H](CO)Nc1ncc2scc(C(=O)Nc3cc(Cl)ccc3OC)c2n1. The number of aromatic nitrogens is 2. The van der Waals surface area contributed by atoms with E-state index < -0.39 is 0 Å². The molecule has 0 radical (unpaired) electrons. The molecule has 27 heavy (non-hydrogen) atoms. The quantitative estimate of drug-likeness (QED) is 0.552. The van der Waals surface area contributed by atoms with Crippen molar-refractivity contribution in [2.45, 2.75) is 19.4 Å². The van der Waals surface area contributed by atoms with Gasteiger partial charge in [-0.25, -0.2) is 9.97 Å². The van der Waals surface area contributed by atoms with Gasteiger partial charge in [-0.2, -0.15) is 0 Å². The predicted molar refractivity (Wildman–Crippen MR) is 108 cm³/mol. The first-order valence-corrected chi connectivity index (χ1v) is 9.58. The van der Waals surface area contributed by atoms with Crippen LogP contribution >= 0.6 is 22.9 Å². The number of aliphatic hydroxyl groups is 1. The lowest BCUT2D eigenvalue weighted by Crippen LogP contribution is -2.23. The first kappa shape index (κ1) is 19.3. The summed E-state index contributed by atoms with van der Waals surface area (Å²) >= 11 is 7.40. The Bertz CT molecular complexity index is 959. The molecule has 7 nitrogen and oxygen atoms in total. The lowest BCUT2D eigenvalue weighted by atomic mass is 10.2. The third-order valence-corrected chi connectivity index (χ3v) is 5.16. The number of benzene rings is 1. The molecule has 1 amide bonds. The van der Waals surface area contributed by atoms with Crippen molar-refractivity contribution in [1.82, 2.24) is 9.97 Å². The van der Waals surface area contributed by atoms with E-state index in [2.05, 4.69) is 20.6 Å². The number of fused-ring (bicyclic) bond motifs is 1. The molecule has 0 spiro atoms. The average molecular weight is 407 g/mol. The molecule has 0 aliphatic rings. The molecular formula is C18H19ClN4O3S. The fraction of sp³-hybridized carbons (Fsp3) is 0.278. The molecule has 3 N–H and O–H groups in total. The van der Waals surface area contributed by atoms with Crippen molar-refractivity contribution in [3.8, 4) is 5.75 Å². The van der Waals surface area contributed by atoms with Crippen LogP contribution < -0.4 is 15.4 Å². The summed E-state index contributed by atoms with van der Waals surface area (Å²) in [5, 5.41) is 17.4. The summed E-state index contributed by atoms with van der Waals surface area (Å²) in [5.74, 6) is 0.565. The maximum absolute atomic E-state index is 12.8. The van der Waals surface area contributed by atoms with E-state index in [0.717, 1.165) is 11.1 Å². The van der Waals surface area contributed by atoms with Gasteiger partial charge < -0.3 is 20.5 Å². The second-order valence-corrected chi connectivity index (χ2v) is 7.13. The lowest BCUT2D eigenvalue weighted by Gasteiger charge is -2.13. The van der Waals surface area contributed by atoms with Crippen LogP contribution in [0.5, 0.6) is 5.75 Å². The van der Waals surface area contributed by atoms with Gasteiger partial charge in [-0.3, -0.25) is 4.79 Å². The highest BCUT2D eigenvalue weighted by Gasteiger charge is 2.17. The van der Waals surface area contributed by atoms with Crippen molar-refractivity contribution in [3.63, 3.8) is 0 Å². The fourth-order valence-electron chi connectivity index (χ4n) is 2.49. The summed E-state index contributed by atoms with van der Waals surface area (Å²) < 4.78 is 6.06. The van der Waals surface area contributed by atoms with Crippen LogP contribution in [0, 0.1) is 0 Å². The first-order valence-electron chi connectivity index (χ1n) is 8.32. The van der Waals surface area contributed by atoms with Crippen LogP contribution in [0.2, 0.25) is 5.02 Å². The molecule has 0 saturated heterocycles. The molecule has 3 aromatic rings. The van der Waals surface area contributed by atoms with Gasteiger partial charge >= 0.3 is 0 Å². The minimum Gasteiger partial charge on any atom is -0.495 e. The molecule has 1 aromatic carbocycles. The second-order valence-electron chi connectivity index (χ2n) is 5.79. The maximum Gasteiger partial charge on any atom is 0.258 e. The molecule has 0 fully saturated rings. The Balaban J connectivity index is 1.90. The summed E-state index contributed by atoms with van der Waals surface area (Å²) in [5.41, 5.74) is 1.45. The Labute approximate surface area is 165 Å². The molecule has 9 heteroatoms. The van der Waals surface area contributed by atoms with Crippen LogP contribution in [-0.4, -0.2) is 40.7 Å². The third kappa shape index (κ3) is 4.29. The Hall–Kier alpha value is -2.42. The van der Waals surface area contributed by atoms with Crippen molar-refractivity contribution in [1.29, 1.82) is 0 Å². The molecule has 0 bridgehead atoms. The number of hydrogen-bond acceptors (Lipinski definition) is 7. The van der Waals surface area contributed by atoms with Gasteiger partial charge in [0.25, 0.3) is 5.91 Å². The number of nitrogens with one attached hydrogen (secondary N) is 2. The molecule has 0 aliphatic heterocycles. The zero-order valence-electron chi connectivity index (χ0n) is 14.8. The van der Waals surface area contributed by atoms with Crippen LogP contribution in [0.4, 0.5) is 11.6 Å². The summed E-state index contributed by atoms with van der Waals surface area (Å²) in [6.45, 7) is 1.93. The van der Waals surface area contributed by atoms with Gasteiger partial charge in [0.15, 0.2) is 0 Å². The van der Waals surface area contributed by atoms with Crippen molar-refractivity contribution >= 4 is 50.7 Å². The lowest BCUT2D eigenvalue weighted by molar-refractivity contribution is 0.102. The molecule has 0 aliphatic carbocycles. The van der Waals surface area contributed by atoms with Gasteiger partial charge in [-0.05, 0) is 24.6 Å². The molecule has 3 rings (SSSR count). The number of rotatable bonds is 7. The van der Waals surface area contributed by atoms with Gasteiger partial charge in [0.1, 0.15) is 5.75 Å². The van der Waals surface area contributed by atoms with E-state index in [1.54, 1.807) is 29.8 Å². The molecule has 0 saturated carbocycles. The minimum atomic E-state index is -0.319. The highest BCUT2D eigenvalue weighted by molar-refractivity contribution is 7.17. The minimum absolute atomic E-state index is 0.0244. The number of carbonyl (C=O) groups excluding carboxylic acids is 1. The average Bonchev–Trinajstić information content (AvgIpc) is 3.09. The van der Waals surface area contributed by atoms with Gasteiger partial charge in [0.05, 0.1) is 47.4 Å². The van der Waals surface area contributed by atoms with Gasteiger partial charge in [0, 0.05) is 10.4 Å². The first-order chi connectivity index (χ1) is 13.0. The maximum atomic E-state index is 12.8. The number of hydrogen-bond donors (Lipinski definition) is 3. The zero-order chi connectivity index (χ0) is 19.4. The highest BCUT2D eigenvalue weighted by Crippen LogP contribution is 2.30. The van der Waals surface area contributed by atoms with Gasteiger partial charge in [-0.1, -0.05) is 18.5 Å². The topological polar surface area (TPSA) is 96.4 Å². The van der Waals surface area contributed by atoms with Crippen LogP contribution in [0.1, 0.15) is 23.7 Å².